The summed E-state index contributed by atoms with van der Waals surface area (Å²) in [5.74, 6) is 0.752. The first kappa shape index (κ1) is 8.53. The SMILES string of the molecule is CNC(=O)C(C1CC1)N(C)C. The van der Waals surface area contributed by atoms with Gasteiger partial charge in [0.2, 0.25) is 5.91 Å². The van der Waals surface area contributed by atoms with Crippen molar-refractivity contribution in [2.75, 3.05) is 21.1 Å². The second-order valence-electron chi connectivity index (χ2n) is 3.36. The molecule has 1 aliphatic carbocycles. The molecule has 11 heavy (non-hydrogen) atoms. The topological polar surface area (TPSA) is 32.3 Å². The molecule has 1 N–H and O–H groups in total. The number of hydrogen-bond acceptors (Lipinski definition) is 2. The van der Waals surface area contributed by atoms with Crippen LogP contribution in [0.3, 0.4) is 0 Å². The molecule has 3 heteroatoms. The van der Waals surface area contributed by atoms with Gasteiger partial charge in [0.25, 0.3) is 0 Å². The molecule has 1 unspecified atom stereocenters. The molecule has 1 amide bonds. The van der Waals surface area contributed by atoms with Crippen LogP contribution in [-0.2, 0) is 4.79 Å². The summed E-state index contributed by atoms with van der Waals surface area (Å²) < 4.78 is 0. The fraction of sp³-hybridized carbons (Fsp3) is 0.875. The minimum atomic E-state index is 0.0972. The monoisotopic (exact) mass is 156 g/mol. The highest BCUT2D eigenvalue weighted by Crippen LogP contribution is 2.34. The molecular formula is C8H16N2O. The van der Waals surface area contributed by atoms with Crippen molar-refractivity contribution in [2.24, 2.45) is 5.92 Å². The summed E-state index contributed by atoms with van der Waals surface area (Å²) in [4.78, 5) is 13.3. The van der Waals surface area contributed by atoms with Crippen molar-refractivity contribution >= 4 is 5.91 Å². The first-order valence-corrected chi connectivity index (χ1v) is 4.05. The van der Waals surface area contributed by atoms with Crippen LogP contribution in [0.15, 0.2) is 0 Å². The van der Waals surface area contributed by atoms with Gasteiger partial charge in [0, 0.05) is 7.05 Å². The molecule has 0 spiro atoms. The van der Waals surface area contributed by atoms with E-state index in [1.165, 1.54) is 12.8 Å². The van der Waals surface area contributed by atoms with E-state index in [2.05, 4.69) is 5.32 Å². The predicted molar refractivity (Wildman–Crippen MR) is 44.3 cm³/mol. The van der Waals surface area contributed by atoms with Crippen LogP contribution in [-0.4, -0.2) is 38.0 Å². The minimum Gasteiger partial charge on any atom is -0.358 e. The quantitative estimate of drug-likeness (QED) is 0.627. The molecular weight excluding hydrogens is 140 g/mol. The van der Waals surface area contributed by atoms with E-state index in [1.807, 2.05) is 19.0 Å². The Hall–Kier alpha value is -0.570. The standard InChI is InChI=1S/C8H16N2O/c1-9-8(11)7(10(2)3)6-4-5-6/h6-7H,4-5H2,1-3H3,(H,9,11). The summed E-state index contributed by atoms with van der Waals surface area (Å²) in [5, 5.41) is 2.69. The minimum absolute atomic E-state index is 0.0972. The van der Waals surface area contributed by atoms with E-state index in [-0.39, 0.29) is 11.9 Å². The summed E-state index contributed by atoms with van der Waals surface area (Å²) in [5.41, 5.74) is 0. The number of carbonyl (C=O) groups excluding carboxylic acids is 1. The lowest BCUT2D eigenvalue weighted by Gasteiger charge is -2.21. The third-order valence-corrected chi connectivity index (χ3v) is 2.14. The third kappa shape index (κ3) is 1.93. The Kier molecular flexibility index (Phi) is 2.49. The van der Waals surface area contributed by atoms with Gasteiger partial charge in [-0.1, -0.05) is 0 Å². The molecule has 0 aromatic heterocycles. The Labute approximate surface area is 67.8 Å². The molecule has 0 radical (unpaired) electrons. The zero-order valence-corrected chi connectivity index (χ0v) is 7.42. The van der Waals surface area contributed by atoms with Gasteiger partial charge in [-0.25, -0.2) is 0 Å². The molecule has 1 aliphatic rings. The van der Waals surface area contributed by atoms with Gasteiger partial charge in [0.05, 0.1) is 6.04 Å². The van der Waals surface area contributed by atoms with Crippen molar-refractivity contribution in [2.45, 2.75) is 18.9 Å². The van der Waals surface area contributed by atoms with E-state index in [4.69, 9.17) is 0 Å². The Morgan fingerprint density at radius 1 is 1.55 bits per heavy atom. The third-order valence-electron chi connectivity index (χ3n) is 2.14. The molecule has 0 bridgehead atoms. The van der Waals surface area contributed by atoms with Gasteiger partial charge >= 0.3 is 0 Å². The van der Waals surface area contributed by atoms with Gasteiger partial charge in [-0.3, -0.25) is 9.69 Å². The molecule has 3 nitrogen and oxygen atoms in total. The van der Waals surface area contributed by atoms with Gasteiger partial charge in [0.1, 0.15) is 0 Å². The summed E-state index contributed by atoms with van der Waals surface area (Å²) in [6.07, 6.45) is 2.41. The number of amides is 1. The smallest absolute Gasteiger partial charge is 0.237 e. The van der Waals surface area contributed by atoms with E-state index < -0.39 is 0 Å². The van der Waals surface area contributed by atoms with Gasteiger partial charge in [-0.2, -0.15) is 0 Å². The fourth-order valence-corrected chi connectivity index (χ4v) is 1.43. The molecule has 1 atom stereocenters. The van der Waals surface area contributed by atoms with E-state index in [0.717, 1.165) is 0 Å². The number of rotatable bonds is 3. The van der Waals surface area contributed by atoms with Crippen LogP contribution < -0.4 is 5.32 Å². The van der Waals surface area contributed by atoms with Crippen LogP contribution in [0.4, 0.5) is 0 Å². The van der Waals surface area contributed by atoms with Crippen molar-refractivity contribution in [3.8, 4) is 0 Å². The summed E-state index contributed by atoms with van der Waals surface area (Å²) in [6.45, 7) is 0. The molecule has 64 valence electrons. The Balaban J connectivity index is 2.51. The average Bonchev–Trinajstić information content (AvgIpc) is 2.71. The van der Waals surface area contributed by atoms with E-state index in [9.17, 15) is 4.79 Å². The highest BCUT2D eigenvalue weighted by atomic mass is 16.2. The van der Waals surface area contributed by atoms with Crippen LogP contribution in [0.1, 0.15) is 12.8 Å². The van der Waals surface area contributed by atoms with Crippen LogP contribution in [0.25, 0.3) is 0 Å². The molecule has 1 rings (SSSR count). The number of nitrogens with zero attached hydrogens (tertiary/aromatic N) is 1. The van der Waals surface area contributed by atoms with Crippen molar-refractivity contribution in [1.29, 1.82) is 0 Å². The summed E-state index contributed by atoms with van der Waals surface area (Å²) >= 11 is 0. The average molecular weight is 156 g/mol. The van der Waals surface area contributed by atoms with Crippen LogP contribution >= 0.6 is 0 Å². The molecule has 0 aromatic rings. The van der Waals surface area contributed by atoms with Crippen molar-refractivity contribution in [1.82, 2.24) is 10.2 Å². The highest BCUT2D eigenvalue weighted by Gasteiger charge is 2.36. The van der Waals surface area contributed by atoms with Crippen molar-refractivity contribution in [3.63, 3.8) is 0 Å². The second kappa shape index (κ2) is 3.22. The molecule has 0 aromatic carbocycles. The molecule has 0 heterocycles. The van der Waals surface area contributed by atoms with Gasteiger partial charge in [0.15, 0.2) is 0 Å². The van der Waals surface area contributed by atoms with Crippen LogP contribution in [0, 0.1) is 5.92 Å². The first-order valence-electron chi connectivity index (χ1n) is 4.05. The Morgan fingerprint density at radius 3 is 2.36 bits per heavy atom. The van der Waals surface area contributed by atoms with Crippen LogP contribution in [0.2, 0.25) is 0 Å². The normalized spacial score (nSPS) is 20.0. The second-order valence-corrected chi connectivity index (χ2v) is 3.36. The summed E-state index contributed by atoms with van der Waals surface area (Å²) in [7, 11) is 5.61. The van der Waals surface area contributed by atoms with Gasteiger partial charge in [-0.15, -0.1) is 0 Å². The van der Waals surface area contributed by atoms with Crippen molar-refractivity contribution in [3.05, 3.63) is 0 Å². The maximum atomic E-state index is 11.3. The number of nitrogens with one attached hydrogen (secondary N) is 1. The van der Waals surface area contributed by atoms with Gasteiger partial charge < -0.3 is 5.32 Å². The van der Waals surface area contributed by atoms with Crippen LogP contribution in [0.5, 0.6) is 0 Å². The molecule has 0 aliphatic heterocycles. The van der Waals surface area contributed by atoms with Gasteiger partial charge in [-0.05, 0) is 32.9 Å². The zero-order valence-electron chi connectivity index (χ0n) is 7.42. The maximum absolute atomic E-state index is 11.3. The van der Waals surface area contributed by atoms with E-state index in [1.54, 1.807) is 7.05 Å². The lowest BCUT2D eigenvalue weighted by atomic mass is 10.1. The number of hydrogen-bond donors (Lipinski definition) is 1. The Morgan fingerprint density at radius 2 is 2.09 bits per heavy atom. The van der Waals surface area contributed by atoms with E-state index in [0.29, 0.717) is 5.92 Å². The molecule has 1 saturated carbocycles. The molecule has 0 saturated heterocycles. The fourth-order valence-electron chi connectivity index (χ4n) is 1.43. The zero-order chi connectivity index (χ0) is 8.43. The van der Waals surface area contributed by atoms with E-state index >= 15 is 0 Å². The lowest BCUT2D eigenvalue weighted by molar-refractivity contribution is -0.125. The first-order chi connectivity index (χ1) is 5.16. The number of likely N-dealkylation sites (N-methyl/N-ethyl adjacent to an activating group) is 2. The summed E-state index contributed by atoms with van der Waals surface area (Å²) in [6, 6.07) is 0.0972. The Bertz CT molecular complexity index is 150. The maximum Gasteiger partial charge on any atom is 0.237 e. The predicted octanol–water partition coefficient (Wildman–Crippen LogP) is 0.0726. The molecule has 1 fully saturated rings. The highest BCUT2D eigenvalue weighted by molar-refractivity contribution is 5.82. The largest absolute Gasteiger partial charge is 0.358 e. The number of carbonyl (C=O) groups is 1. The van der Waals surface area contributed by atoms with Crippen molar-refractivity contribution < 1.29 is 4.79 Å². The lowest BCUT2D eigenvalue weighted by Crippen LogP contribution is -2.43.